The third-order valence-electron chi connectivity index (χ3n) is 3.91. The largest absolute Gasteiger partial charge is 0.496 e. The van der Waals surface area contributed by atoms with Gasteiger partial charge >= 0.3 is 0 Å². The number of hydrogen-bond donors (Lipinski definition) is 2. The molecule has 27 heavy (non-hydrogen) atoms. The number of benzene rings is 2. The van der Waals surface area contributed by atoms with Gasteiger partial charge in [-0.2, -0.15) is 0 Å². The number of anilines is 1. The van der Waals surface area contributed by atoms with Crippen LogP contribution in [0.3, 0.4) is 0 Å². The number of nitro groups is 1. The smallest absolute Gasteiger partial charge is 0.271 e. The van der Waals surface area contributed by atoms with Crippen molar-refractivity contribution in [3.63, 3.8) is 0 Å². The molecule has 0 aliphatic rings. The lowest BCUT2D eigenvalue weighted by molar-refractivity contribution is -0.384. The van der Waals surface area contributed by atoms with E-state index in [1.807, 2.05) is 0 Å². The van der Waals surface area contributed by atoms with Gasteiger partial charge in [-0.05, 0) is 24.1 Å². The number of para-hydroxylation sites is 1. The molecule has 0 heterocycles. The number of carbonyl (C=O) groups is 2. The van der Waals surface area contributed by atoms with Gasteiger partial charge in [0, 0.05) is 17.8 Å². The Labute approximate surface area is 156 Å². The minimum atomic E-state index is -0.832. The predicted octanol–water partition coefficient (Wildman–Crippen LogP) is 3.00. The van der Waals surface area contributed by atoms with Crippen LogP contribution in [0.1, 0.15) is 24.2 Å². The van der Waals surface area contributed by atoms with Gasteiger partial charge in [-0.15, -0.1) is 0 Å². The average Bonchev–Trinajstić information content (AvgIpc) is 2.65. The van der Waals surface area contributed by atoms with Gasteiger partial charge in [0.15, 0.2) is 0 Å². The summed E-state index contributed by atoms with van der Waals surface area (Å²) in [6.45, 7) is 3.58. The Hall–Kier alpha value is -3.42. The van der Waals surface area contributed by atoms with E-state index < -0.39 is 22.8 Å². The van der Waals surface area contributed by atoms with Crippen LogP contribution in [0.4, 0.5) is 11.4 Å². The number of ether oxygens (including phenoxy) is 1. The molecule has 0 fully saturated rings. The highest BCUT2D eigenvalue weighted by Crippen LogP contribution is 2.19. The minimum absolute atomic E-state index is 0.132. The lowest BCUT2D eigenvalue weighted by Gasteiger charge is -2.22. The zero-order chi connectivity index (χ0) is 20.0. The topological polar surface area (TPSA) is 111 Å². The Balaban J connectivity index is 2.17. The van der Waals surface area contributed by atoms with Gasteiger partial charge < -0.3 is 15.4 Å². The summed E-state index contributed by atoms with van der Waals surface area (Å²) in [5.41, 5.74) is 0.465. The first-order valence-corrected chi connectivity index (χ1v) is 8.32. The van der Waals surface area contributed by atoms with Gasteiger partial charge in [0.05, 0.1) is 17.6 Å². The fraction of sp³-hybridized carbons (Fsp3) is 0.263. The molecule has 0 radical (unpaired) electrons. The second kappa shape index (κ2) is 8.79. The first-order chi connectivity index (χ1) is 12.8. The maximum absolute atomic E-state index is 12.6. The molecule has 0 bridgehead atoms. The number of nitro benzene ring substituents is 1. The number of hydrogen-bond acceptors (Lipinski definition) is 5. The number of methoxy groups -OCH3 is 1. The number of carbonyl (C=O) groups excluding carboxylic acids is 2. The maximum atomic E-state index is 12.6. The summed E-state index contributed by atoms with van der Waals surface area (Å²) in [5, 5.41) is 16.2. The SMILES string of the molecule is COc1ccccc1C(=O)NC(C(=O)Nc1cccc([N+](=O)[O-])c1)C(C)C. The van der Waals surface area contributed by atoms with Gasteiger partial charge in [0.2, 0.25) is 5.91 Å². The summed E-state index contributed by atoms with van der Waals surface area (Å²) in [4.78, 5) is 35.5. The Morgan fingerprint density at radius 3 is 2.44 bits per heavy atom. The molecule has 2 amide bonds. The number of nitrogens with zero attached hydrogens (tertiary/aromatic N) is 1. The van der Waals surface area contributed by atoms with Crippen molar-refractivity contribution in [3.8, 4) is 5.75 Å². The van der Waals surface area contributed by atoms with Crippen LogP contribution in [0.5, 0.6) is 5.75 Å². The first kappa shape index (κ1) is 19.9. The molecule has 0 saturated heterocycles. The summed E-state index contributed by atoms with van der Waals surface area (Å²) < 4.78 is 5.18. The van der Waals surface area contributed by atoms with Crippen molar-refractivity contribution < 1.29 is 19.2 Å². The molecule has 8 nitrogen and oxygen atoms in total. The van der Waals surface area contributed by atoms with Gasteiger partial charge in [0.25, 0.3) is 11.6 Å². The Kier molecular flexibility index (Phi) is 6.48. The van der Waals surface area contributed by atoms with Crippen LogP contribution in [0.2, 0.25) is 0 Å². The van der Waals surface area contributed by atoms with Gasteiger partial charge in [0.1, 0.15) is 11.8 Å². The number of non-ortho nitro benzene ring substituents is 1. The maximum Gasteiger partial charge on any atom is 0.271 e. The second-order valence-corrected chi connectivity index (χ2v) is 6.19. The van der Waals surface area contributed by atoms with E-state index in [1.165, 1.54) is 25.3 Å². The highest BCUT2D eigenvalue weighted by molar-refractivity contribution is 6.02. The molecule has 2 aromatic carbocycles. The van der Waals surface area contributed by atoms with Crippen LogP contribution < -0.4 is 15.4 Å². The standard InChI is InChI=1S/C19H21N3O5/c1-12(2)17(21-18(23)15-9-4-5-10-16(15)27-3)19(24)20-13-7-6-8-14(11-13)22(25)26/h4-12,17H,1-3H3,(H,20,24)(H,21,23). The first-order valence-electron chi connectivity index (χ1n) is 8.32. The molecule has 0 aliphatic carbocycles. The van der Waals surface area contributed by atoms with Crippen molar-refractivity contribution in [2.24, 2.45) is 5.92 Å². The van der Waals surface area contributed by atoms with E-state index in [4.69, 9.17) is 4.74 Å². The van der Waals surface area contributed by atoms with E-state index in [-0.39, 0.29) is 17.3 Å². The molecule has 0 aromatic heterocycles. The summed E-state index contributed by atoms with van der Waals surface area (Å²) in [6, 6.07) is 11.5. The van der Waals surface area contributed by atoms with Crippen LogP contribution in [0, 0.1) is 16.0 Å². The fourth-order valence-corrected chi connectivity index (χ4v) is 2.50. The number of rotatable bonds is 7. The molecule has 8 heteroatoms. The van der Waals surface area contributed by atoms with Crippen molar-refractivity contribution in [2.45, 2.75) is 19.9 Å². The molecular weight excluding hydrogens is 350 g/mol. The molecule has 0 spiro atoms. The molecule has 2 N–H and O–H groups in total. The van der Waals surface area contributed by atoms with Gasteiger partial charge in [-0.3, -0.25) is 19.7 Å². The monoisotopic (exact) mass is 371 g/mol. The Morgan fingerprint density at radius 2 is 1.81 bits per heavy atom. The quantitative estimate of drug-likeness (QED) is 0.574. The summed E-state index contributed by atoms with van der Waals surface area (Å²) in [5.74, 6) is -0.715. The van der Waals surface area contributed by atoms with Crippen molar-refractivity contribution >= 4 is 23.2 Å². The molecule has 0 aliphatic heterocycles. The molecular formula is C19H21N3O5. The van der Waals surface area contributed by atoms with Crippen LogP contribution in [-0.2, 0) is 4.79 Å². The van der Waals surface area contributed by atoms with Crippen LogP contribution in [-0.4, -0.2) is 29.9 Å². The van der Waals surface area contributed by atoms with Gasteiger partial charge in [-0.1, -0.05) is 32.0 Å². The third-order valence-corrected chi connectivity index (χ3v) is 3.91. The Bertz CT molecular complexity index is 851. The molecule has 142 valence electrons. The average molecular weight is 371 g/mol. The predicted molar refractivity (Wildman–Crippen MR) is 101 cm³/mol. The van der Waals surface area contributed by atoms with E-state index >= 15 is 0 Å². The van der Waals surface area contributed by atoms with Crippen LogP contribution in [0.25, 0.3) is 0 Å². The van der Waals surface area contributed by atoms with Crippen molar-refractivity contribution in [1.82, 2.24) is 5.32 Å². The molecule has 1 atom stereocenters. The number of nitrogens with one attached hydrogen (secondary N) is 2. The van der Waals surface area contributed by atoms with E-state index in [0.29, 0.717) is 11.3 Å². The van der Waals surface area contributed by atoms with Gasteiger partial charge in [-0.25, -0.2) is 0 Å². The van der Waals surface area contributed by atoms with Crippen molar-refractivity contribution in [2.75, 3.05) is 12.4 Å². The fourth-order valence-electron chi connectivity index (χ4n) is 2.50. The van der Waals surface area contributed by atoms with Crippen molar-refractivity contribution in [3.05, 3.63) is 64.2 Å². The lowest BCUT2D eigenvalue weighted by Crippen LogP contribution is -2.47. The summed E-state index contributed by atoms with van der Waals surface area (Å²) in [7, 11) is 1.46. The van der Waals surface area contributed by atoms with E-state index in [0.717, 1.165) is 0 Å². The zero-order valence-electron chi connectivity index (χ0n) is 15.3. The van der Waals surface area contributed by atoms with E-state index in [1.54, 1.807) is 44.2 Å². The highest BCUT2D eigenvalue weighted by atomic mass is 16.6. The summed E-state index contributed by atoms with van der Waals surface area (Å²) >= 11 is 0. The van der Waals surface area contributed by atoms with E-state index in [9.17, 15) is 19.7 Å². The zero-order valence-corrected chi connectivity index (χ0v) is 15.3. The van der Waals surface area contributed by atoms with Crippen LogP contribution >= 0.6 is 0 Å². The van der Waals surface area contributed by atoms with Crippen molar-refractivity contribution in [1.29, 1.82) is 0 Å². The summed E-state index contributed by atoms with van der Waals surface area (Å²) in [6.07, 6.45) is 0. The normalized spacial score (nSPS) is 11.6. The van der Waals surface area contributed by atoms with E-state index in [2.05, 4.69) is 10.6 Å². The second-order valence-electron chi connectivity index (χ2n) is 6.19. The van der Waals surface area contributed by atoms with Crippen LogP contribution in [0.15, 0.2) is 48.5 Å². The number of amides is 2. The third kappa shape index (κ3) is 5.04. The lowest BCUT2D eigenvalue weighted by atomic mass is 10.0. The molecule has 2 rings (SSSR count). The molecule has 2 aromatic rings. The molecule has 0 saturated carbocycles. The molecule has 1 unspecified atom stereocenters. The Morgan fingerprint density at radius 1 is 1.11 bits per heavy atom. The minimum Gasteiger partial charge on any atom is -0.496 e. The highest BCUT2D eigenvalue weighted by Gasteiger charge is 2.26.